The zero-order valence-electron chi connectivity index (χ0n) is 12.1. The van der Waals surface area contributed by atoms with Crippen LogP contribution in [0.5, 0.6) is 0 Å². The van der Waals surface area contributed by atoms with Crippen LogP contribution in [0.4, 0.5) is 5.69 Å². The molecule has 2 fully saturated rings. The number of rotatable bonds is 3. The lowest BCUT2D eigenvalue weighted by Gasteiger charge is -2.42. The molecule has 2 aliphatic heterocycles. The highest BCUT2D eigenvalue weighted by Crippen LogP contribution is 2.28. The average Bonchev–Trinajstić information content (AvgIpc) is 2.48. The third-order valence-electron chi connectivity index (χ3n) is 4.50. The quantitative estimate of drug-likeness (QED) is 0.877. The van der Waals surface area contributed by atoms with Crippen molar-refractivity contribution in [3.8, 4) is 0 Å². The summed E-state index contributed by atoms with van der Waals surface area (Å²) in [6.45, 7) is 3.01. The Morgan fingerprint density at radius 2 is 2.10 bits per heavy atom. The molecule has 1 amide bonds. The van der Waals surface area contributed by atoms with E-state index in [1.54, 1.807) is 0 Å². The molecule has 0 bridgehead atoms. The third kappa shape index (κ3) is 2.80. The Morgan fingerprint density at radius 1 is 1.30 bits per heavy atom. The van der Waals surface area contributed by atoms with Crippen molar-refractivity contribution in [1.29, 1.82) is 0 Å². The van der Waals surface area contributed by atoms with Crippen LogP contribution in [0, 0.1) is 5.92 Å². The van der Waals surface area contributed by atoms with Gasteiger partial charge in [0.2, 0.25) is 5.91 Å². The van der Waals surface area contributed by atoms with E-state index in [2.05, 4.69) is 39.8 Å². The van der Waals surface area contributed by atoms with Gasteiger partial charge in [0.25, 0.3) is 0 Å². The number of carbonyl (C=O) groups excluding carboxylic acids is 1. The number of hydrogen-bond donors (Lipinski definition) is 2. The first-order valence-corrected chi connectivity index (χ1v) is 7.54. The monoisotopic (exact) mass is 273 g/mol. The predicted molar refractivity (Wildman–Crippen MR) is 80.7 cm³/mol. The number of amides is 1. The van der Waals surface area contributed by atoms with Crippen LogP contribution in [0.1, 0.15) is 24.8 Å². The molecule has 0 aliphatic carbocycles. The maximum absolute atomic E-state index is 11.4. The first kappa shape index (κ1) is 13.4. The fourth-order valence-electron chi connectivity index (χ4n) is 3.37. The van der Waals surface area contributed by atoms with Gasteiger partial charge in [-0.3, -0.25) is 4.79 Å². The lowest BCUT2D eigenvalue weighted by molar-refractivity contribution is -0.124. The molecule has 2 saturated heterocycles. The summed E-state index contributed by atoms with van der Waals surface area (Å²) in [4.78, 5) is 13.9. The second kappa shape index (κ2) is 5.83. The van der Waals surface area contributed by atoms with Crippen molar-refractivity contribution < 1.29 is 4.79 Å². The van der Waals surface area contributed by atoms with E-state index in [-0.39, 0.29) is 5.91 Å². The maximum Gasteiger partial charge on any atom is 0.220 e. The molecule has 0 radical (unpaired) electrons. The van der Waals surface area contributed by atoms with Gasteiger partial charge in [0.1, 0.15) is 0 Å². The van der Waals surface area contributed by atoms with E-state index in [9.17, 15) is 4.79 Å². The molecule has 2 N–H and O–H groups in total. The van der Waals surface area contributed by atoms with Gasteiger partial charge < -0.3 is 15.5 Å². The van der Waals surface area contributed by atoms with Crippen LogP contribution in [0.3, 0.4) is 0 Å². The molecular weight excluding hydrogens is 250 g/mol. The summed E-state index contributed by atoms with van der Waals surface area (Å²) in [5, 5.41) is 6.31. The number of anilines is 1. The van der Waals surface area contributed by atoms with Gasteiger partial charge >= 0.3 is 0 Å². The van der Waals surface area contributed by atoms with Crippen LogP contribution >= 0.6 is 0 Å². The summed E-state index contributed by atoms with van der Waals surface area (Å²) in [6, 6.07) is 9.22. The van der Waals surface area contributed by atoms with Gasteiger partial charge in [-0.05, 0) is 43.5 Å². The molecular formula is C16H23N3O. The van der Waals surface area contributed by atoms with Crippen LogP contribution in [-0.4, -0.2) is 32.1 Å². The number of nitrogens with zero attached hydrogens (tertiary/aromatic N) is 1. The highest BCUT2D eigenvalue weighted by atomic mass is 16.1. The zero-order chi connectivity index (χ0) is 13.9. The van der Waals surface area contributed by atoms with E-state index < -0.39 is 0 Å². The lowest BCUT2D eigenvalue weighted by Crippen LogP contribution is -2.54. The summed E-state index contributed by atoms with van der Waals surface area (Å²) in [5.41, 5.74) is 2.62. The van der Waals surface area contributed by atoms with Crippen molar-refractivity contribution in [2.24, 2.45) is 5.92 Å². The van der Waals surface area contributed by atoms with Crippen LogP contribution in [-0.2, 0) is 11.3 Å². The van der Waals surface area contributed by atoms with Gasteiger partial charge in [0.15, 0.2) is 0 Å². The van der Waals surface area contributed by atoms with Gasteiger partial charge in [0.05, 0.1) is 0 Å². The van der Waals surface area contributed by atoms with E-state index in [4.69, 9.17) is 0 Å². The Bertz CT molecular complexity index is 471. The fourth-order valence-corrected chi connectivity index (χ4v) is 3.37. The van der Waals surface area contributed by atoms with Crippen molar-refractivity contribution in [3.05, 3.63) is 29.8 Å². The lowest BCUT2D eigenvalue weighted by atomic mass is 9.85. The summed E-state index contributed by atoms with van der Waals surface area (Å²) in [6.07, 6.45) is 2.79. The summed E-state index contributed by atoms with van der Waals surface area (Å²) in [7, 11) is 1.97. The fraction of sp³-hybridized carbons (Fsp3) is 0.562. The molecule has 0 saturated carbocycles. The van der Waals surface area contributed by atoms with Crippen LogP contribution in [0.25, 0.3) is 0 Å². The van der Waals surface area contributed by atoms with Crippen LogP contribution < -0.4 is 15.5 Å². The van der Waals surface area contributed by atoms with Crippen molar-refractivity contribution in [3.63, 3.8) is 0 Å². The van der Waals surface area contributed by atoms with Gasteiger partial charge in [-0.15, -0.1) is 0 Å². The van der Waals surface area contributed by atoms with Gasteiger partial charge in [-0.2, -0.15) is 0 Å². The Balaban J connectivity index is 1.65. The molecule has 1 aromatic rings. The number of carbonyl (C=O) groups is 1. The highest BCUT2D eigenvalue weighted by Gasteiger charge is 2.33. The third-order valence-corrected chi connectivity index (χ3v) is 4.50. The smallest absolute Gasteiger partial charge is 0.220 e. The zero-order valence-corrected chi connectivity index (χ0v) is 12.1. The Kier molecular flexibility index (Phi) is 3.92. The molecule has 2 unspecified atom stereocenters. The SMILES string of the molecule is CNCc1ccc(N2CCC3NC(=O)CCC3C2)cc1. The largest absolute Gasteiger partial charge is 0.371 e. The van der Waals surface area contributed by atoms with E-state index in [1.807, 2.05) is 7.05 Å². The molecule has 2 aliphatic rings. The molecule has 4 nitrogen and oxygen atoms in total. The second-order valence-electron chi connectivity index (χ2n) is 5.90. The number of fused-ring (bicyclic) bond motifs is 1. The van der Waals surface area contributed by atoms with Crippen molar-refractivity contribution in [2.75, 3.05) is 25.0 Å². The predicted octanol–water partition coefficient (Wildman–Crippen LogP) is 1.51. The molecule has 0 spiro atoms. The Morgan fingerprint density at radius 3 is 2.85 bits per heavy atom. The van der Waals surface area contributed by atoms with E-state index >= 15 is 0 Å². The molecule has 108 valence electrons. The molecule has 2 atom stereocenters. The standard InChI is InChI=1S/C16H23N3O/c1-17-10-12-2-5-14(6-3-12)19-9-8-15-13(11-19)4-7-16(20)18-15/h2-3,5-6,13,15,17H,4,7-11H2,1H3,(H,18,20). The maximum atomic E-state index is 11.4. The minimum absolute atomic E-state index is 0.233. The van der Waals surface area contributed by atoms with E-state index in [0.29, 0.717) is 18.4 Å². The second-order valence-corrected chi connectivity index (χ2v) is 5.90. The first-order chi connectivity index (χ1) is 9.76. The Hall–Kier alpha value is -1.55. The normalized spacial score (nSPS) is 26.1. The summed E-state index contributed by atoms with van der Waals surface area (Å²) in [5.74, 6) is 0.842. The summed E-state index contributed by atoms with van der Waals surface area (Å²) < 4.78 is 0. The average molecular weight is 273 g/mol. The topological polar surface area (TPSA) is 44.4 Å². The first-order valence-electron chi connectivity index (χ1n) is 7.54. The minimum atomic E-state index is 0.233. The van der Waals surface area contributed by atoms with Crippen molar-refractivity contribution >= 4 is 11.6 Å². The molecule has 4 heteroatoms. The van der Waals surface area contributed by atoms with Crippen LogP contribution in [0.15, 0.2) is 24.3 Å². The molecule has 1 aromatic carbocycles. The molecule has 20 heavy (non-hydrogen) atoms. The molecule has 0 aromatic heterocycles. The minimum Gasteiger partial charge on any atom is -0.371 e. The number of hydrogen-bond acceptors (Lipinski definition) is 3. The summed E-state index contributed by atoms with van der Waals surface area (Å²) >= 11 is 0. The number of piperidine rings is 2. The van der Waals surface area contributed by atoms with Gasteiger partial charge in [-0.1, -0.05) is 12.1 Å². The van der Waals surface area contributed by atoms with Crippen molar-refractivity contribution in [2.45, 2.75) is 31.8 Å². The number of benzene rings is 1. The van der Waals surface area contributed by atoms with Gasteiger partial charge in [0, 0.05) is 37.8 Å². The van der Waals surface area contributed by atoms with Crippen LogP contribution in [0.2, 0.25) is 0 Å². The van der Waals surface area contributed by atoms with E-state index in [0.717, 1.165) is 32.5 Å². The molecule has 3 rings (SSSR count). The molecule has 2 heterocycles. The Labute approximate surface area is 120 Å². The highest BCUT2D eigenvalue weighted by molar-refractivity contribution is 5.77. The van der Waals surface area contributed by atoms with Gasteiger partial charge in [-0.25, -0.2) is 0 Å². The van der Waals surface area contributed by atoms with Crippen molar-refractivity contribution in [1.82, 2.24) is 10.6 Å². The number of nitrogens with one attached hydrogen (secondary N) is 2. The van der Waals surface area contributed by atoms with E-state index in [1.165, 1.54) is 11.3 Å².